The topological polar surface area (TPSA) is 134 Å². The lowest BCUT2D eigenvalue weighted by molar-refractivity contribution is -0.158. The van der Waals surface area contributed by atoms with Crippen molar-refractivity contribution in [2.24, 2.45) is 0 Å². The van der Waals surface area contributed by atoms with Gasteiger partial charge in [0, 0.05) is 13.8 Å². The van der Waals surface area contributed by atoms with E-state index < -0.39 is 24.1 Å². The fourth-order valence-electron chi connectivity index (χ4n) is 0.627. The van der Waals surface area contributed by atoms with Crippen LogP contribution in [0.3, 0.4) is 0 Å². The van der Waals surface area contributed by atoms with E-state index >= 15 is 0 Å². The number of esters is 2. The van der Waals surface area contributed by atoms with E-state index in [0.717, 1.165) is 0 Å². The van der Waals surface area contributed by atoms with Gasteiger partial charge < -0.3 is 29.9 Å². The normalized spacial score (nSPS) is 11.3. The molecule has 0 aliphatic carbocycles. The summed E-state index contributed by atoms with van der Waals surface area (Å²) in [5, 5.41) is 32.6. The highest BCUT2D eigenvalue weighted by molar-refractivity contribution is 5.67. The van der Waals surface area contributed by atoms with Crippen LogP contribution in [0.2, 0.25) is 0 Å². The number of hydrogen-bond donors (Lipinski definition) is 4. The summed E-state index contributed by atoms with van der Waals surface area (Å²) in [4.78, 5) is 20.7. The summed E-state index contributed by atoms with van der Waals surface area (Å²) in [6, 6.07) is 0. The van der Waals surface area contributed by atoms with Crippen molar-refractivity contribution in [3.8, 4) is 0 Å². The van der Waals surface area contributed by atoms with Crippen LogP contribution in [-0.2, 0) is 19.1 Å². The molecule has 0 aromatic carbocycles. The molecule has 108 valence electrons. The number of hydrogen-bond acceptors (Lipinski definition) is 8. The number of aliphatic hydroxyl groups excluding tert-OH is 4. The zero-order valence-corrected chi connectivity index (χ0v) is 10.4. The second-order valence-electron chi connectivity index (χ2n) is 3.24. The van der Waals surface area contributed by atoms with Gasteiger partial charge in [-0.25, -0.2) is 0 Å². The highest BCUT2D eigenvalue weighted by Gasteiger charge is 2.11. The van der Waals surface area contributed by atoms with Gasteiger partial charge in [0.05, 0.1) is 19.8 Å². The molecule has 0 aliphatic heterocycles. The van der Waals surface area contributed by atoms with Gasteiger partial charge in [0.1, 0.15) is 12.7 Å². The highest BCUT2D eigenvalue weighted by atomic mass is 16.6. The molecule has 8 heteroatoms. The van der Waals surface area contributed by atoms with Crippen LogP contribution in [0.5, 0.6) is 0 Å². The molecule has 1 atom stereocenters. The van der Waals surface area contributed by atoms with E-state index in [-0.39, 0.29) is 26.4 Å². The Hall–Kier alpha value is -1.22. The van der Waals surface area contributed by atoms with E-state index in [4.69, 9.17) is 20.4 Å². The van der Waals surface area contributed by atoms with Gasteiger partial charge >= 0.3 is 11.9 Å². The molecule has 0 saturated carbocycles. The van der Waals surface area contributed by atoms with Gasteiger partial charge in [0.2, 0.25) is 0 Å². The summed E-state index contributed by atoms with van der Waals surface area (Å²) in [5.74, 6) is -0.984. The first-order valence-electron chi connectivity index (χ1n) is 5.18. The van der Waals surface area contributed by atoms with Crippen molar-refractivity contribution in [2.75, 3.05) is 26.4 Å². The molecule has 18 heavy (non-hydrogen) atoms. The summed E-state index contributed by atoms with van der Waals surface area (Å²) in [7, 11) is 0. The maximum absolute atomic E-state index is 10.4. The van der Waals surface area contributed by atoms with Crippen LogP contribution in [-0.4, -0.2) is 71.0 Å². The van der Waals surface area contributed by atoms with Gasteiger partial charge in [-0.05, 0) is 0 Å². The molecule has 0 amide bonds. The standard InChI is InChI=1S/C7H12O5.C3H8O3/c1-5(9)11-4-7(3-8)12-6(2)10;4-1-3(6)2-5/h7-8H,3-4H2,1-2H3;3-6H,1-2H2. The zero-order valence-electron chi connectivity index (χ0n) is 10.4. The number of rotatable bonds is 6. The molecule has 0 fully saturated rings. The Morgan fingerprint density at radius 1 is 1.00 bits per heavy atom. The monoisotopic (exact) mass is 268 g/mol. The zero-order chi connectivity index (χ0) is 14.6. The second kappa shape index (κ2) is 12.2. The summed E-state index contributed by atoms with van der Waals surface area (Å²) in [6.07, 6.45) is -1.71. The molecule has 0 radical (unpaired) electrons. The summed E-state index contributed by atoms with van der Waals surface area (Å²) >= 11 is 0. The van der Waals surface area contributed by atoms with Gasteiger partial charge in [-0.15, -0.1) is 0 Å². The molecule has 0 aliphatic rings. The van der Waals surface area contributed by atoms with E-state index in [1.165, 1.54) is 13.8 Å². The molecule has 0 heterocycles. The van der Waals surface area contributed by atoms with Crippen molar-refractivity contribution in [3.63, 3.8) is 0 Å². The van der Waals surface area contributed by atoms with Crippen LogP contribution < -0.4 is 0 Å². The molecular weight excluding hydrogens is 248 g/mol. The second-order valence-corrected chi connectivity index (χ2v) is 3.24. The van der Waals surface area contributed by atoms with Crippen molar-refractivity contribution in [1.82, 2.24) is 0 Å². The van der Waals surface area contributed by atoms with Gasteiger partial charge in [-0.2, -0.15) is 0 Å². The van der Waals surface area contributed by atoms with E-state index in [2.05, 4.69) is 9.47 Å². The van der Waals surface area contributed by atoms with E-state index in [1.807, 2.05) is 0 Å². The fourth-order valence-corrected chi connectivity index (χ4v) is 0.627. The van der Waals surface area contributed by atoms with Crippen molar-refractivity contribution in [3.05, 3.63) is 0 Å². The lowest BCUT2D eigenvalue weighted by atomic mass is 10.4. The Morgan fingerprint density at radius 2 is 1.50 bits per heavy atom. The Morgan fingerprint density at radius 3 is 1.72 bits per heavy atom. The SMILES string of the molecule is CC(=O)OCC(CO)OC(C)=O.OCC(O)CO. The minimum atomic E-state index is -0.954. The largest absolute Gasteiger partial charge is 0.462 e. The third-order valence-corrected chi connectivity index (χ3v) is 1.43. The lowest BCUT2D eigenvalue weighted by Crippen LogP contribution is -2.26. The number of ether oxygens (including phenoxy) is 2. The summed E-state index contributed by atoms with van der Waals surface area (Å²) < 4.78 is 9.10. The first-order chi connectivity index (χ1) is 8.37. The minimum absolute atomic E-state index is 0.106. The first-order valence-corrected chi connectivity index (χ1v) is 5.18. The number of aliphatic hydroxyl groups is 4. The van der Waals surface area contributed by atoms with E-state index in [1.54, 1.807) is 0 Å². The quantitative estimate of drug-likeness (QED) is 0.399. The fraction of sp³-hybridized carbons (Fsp3) is 0.800. The van der Waals surface area contributed by atoms with Gasteiger partial charge in [0.15, 0.2) is 6.10 Å². The van der Waals surface area contributed by atoms with Crippen LogP contribution in [0, 0.1) is 0 Å². The summed E-state index contributed by atoms with van der Waals surface area (Å²) in [5.41, 5.74) is 0. The summed E-state index contributed by atoms with van der Waals surface area (Å²) in [6.45, 7) is 1.27. The van der Waals surface area contributed by atoms with Crippen LogP contribution in [0.1, 0.15) is 13.8 Å². The van der Waals surface area contributed by atoms with Crippen LogP contribution >= 0.6 is 0 Å². The van der Waals surface area contributed by atoms with Gasteiger partial charge in [0.25, 0.3) is 0 Å². The molecule has 4 N–H and O–H groups in total. The van der Waals surface area contributed by atoms with Crippen LogP contribution in [0.4, 0.5) is 0 Å². The smallest absolute Gasteiger partial charge is 0.303 e. The maximum Gasteiger partial charge on any atom is 0.303 e. The lowest BCUT2D eigenvalue weighted by Gasteiger charge is -2.13. The average Bonchev–Trinajstić information content (AvgIpc) is 2.33. The minimum Gasteiger partial charge on any atom is -0.462 e. The van der Waals surface area contributed by atoms with E-state index in [9.17, 15) is 9.59 Å². The van der Waals surface area contributed by atoms with Crippen LogP contribution in [0.25, 0.3) is 0 Å². The van der Waals surface area contributed by atoms with E-state index in [0.29, 0.717) is 0 Å². The van der Waals surface area contributed by atoms with Crippen molar-refractivity contribution >= 4 is 11.9 Å². The Bertz CT molecular complexity index is 226. The Kier molecular flexibility index (Phi) is 13.0. The molecule has 0 aromatic rings. The third kappa shape index (κ3) is 14.8. The molecule has 0 bridgehead atoms. The molecule has 0 spiro atoms. The predicted octanol–water partition coefficient (Wildman–Crippen LogP) is -2.19. The van der Waals surface area contributed by atoms with Crippen LogP contribution in [0.15, 0.2) is 0 Å². The molecule has 1 unspecified atom stereocenters. The third-order valence-electron chi connectivity index (χ3n) is 1.43. The molecule has 0 rings (SSSR count). The maximum atomic E-state index is 10.4. The number of carbonyl (C=O) groups excluding carboxylic acids is 2. The van der Waals surface area contributed by atoms with Gasteiger partial charge in [-0.1, -0.05) is 0 Å². The molecule has 0 saturated heterocycles. The Balaban J connectivity index is 0. The molecular formula is C10H20O8. The first kappa shape index (κ1) is 19.1. The van der Waals surface area contributed by atoms with Crippen molar-refractivity contribution in [1.29, 1.82) is 0 Å². The highest BCUT2D eigenvalue weighted by Crippen LogP contribution is 1.93. The molecule has 0 aromatic heterocycles. The molecule has 8 nitrogen and oxygen atoms in total. The Labute approximate surface area is 105 Å². The average molecular weight is 268 g/mol. The van der Waals surface area contributed by atoms with Crippen molar-refractivity contribution in [2.45, 2.75) is 26.1 Å². The van der Waals surface area contributed by atoms with Gasteiger partial charge in [-0.3, -0.25) is 9.59 Å². The number of carbonyl (C=O) groups is 2. The van der Waals surface area contributed by atoms with Crippen molar-refractivity contribution < 1.29 is 39.5 Å². The predicted molar refractivity (Wildman–Crippen MR) is 59.5 cm³/mol.